The van der Waals surface area contributed by atoms with Gasteiger partial charge >= 0.3 is 0 Å². The highest BCUT2D eigenvalue weighted by Crippen LogP contribution is 2.23. The molecule has 0 N–H and O–H groups in total. The molecule has 2 nitrogen and oxygen atoms in total. The van der Waals surface area contributed by atoms with Crippen molar-refractivity contribution in [1.82, 2.24) is 0 Å². The summed E-state index contributed by atoms with van der Waals surface area (Å²) in [7, 11) is 0. The van der Waals surface area contributed by atoms with Crippen LogP contribution in [0, 0.1) is 0 Å². The number of hydrogen-bond donors (Lipinski definition) is 0. The van der Waals surface area contributed by atoms with Gasteiger partial charge in [0.1, 0.15) is 5.75 Å². The standard InChI is InChI=1S/C29H51NO/c1-2-3-4-5-6-7-8-9-10-11-12-13-14-15-16-20-27-31-29-23-21-28(22-24-29)30-25-18-17-19-26-30/h21-24H,2-20,25-27H2,1H3. The minimum atomic E-state index is 0.863. The van der Waals surface area contributed by atoms with E-state index in [0.717, 1.165) is 12.4 Å². The molecule has 178 valence electrons. The molecule has 0 atom stereocenters. The van der Waals surface area contributed by atoms with E-state index in [1.165, 1.54) is 141 Å². The van der Waals surface area contributed by atoms with Crippen molar-refractivity contribution in [2.45, 2.75) is 129 Å². The zero-order valence-electron chi connectivity index (χ0n) is 20.7. The lowest BCUT2D eigenvalue weighted by Crippen LogP contribution is -2.29. The Kier molecular flexibility index (Phi) is 15.5. The van der Waals surface area contributed by atoms with Crippen LogP contribution in [-0.2, 0) is 0 Å². The Morgan fingerprint density at radius 2 is 1.03 bits per heavy atom. The van der Waals surface area contributed by atoms with Gasteiger partial charge in [-0.15, -0.1) is 0 Å². The van der Waals surface area contributed by atoms with Crippen molar-refractivity contribution in [3.63, 3.8) is 0 Å². The van der Waals surface area contributed by atoms with Gasteiger partial charge in [-0.3, -0.25) is 0 Å². The molecule has 0 spiro atoms. The summed E-state index contributed by atoms with van der Waals surface area (Å²) in [6, 6.07) is 8.76. The van der Waals surface area contributed by atoms with Crippen molar-refractivity contribution in [3.05, 3.63) is 24.3 Å². The molecule has 0 unspecified atom stereocenters. The Bertz CT molecular complexity index is 506. The summed E-state index contributed by atoms with van der Waals surface area (Å²) in [5.41, 5.74) is 1.36. The van der Waals surface area contributed by atoms with Crippen LogP contribution in [0.3, 0.4) is 0 Å². The van der Waals surface area contributed by atoms with Gasteiger partial charge in [0, 0.05) is 18.8 Å². The molecule has 1 saturated heterocycles. The van der Waals surface area contributed by atoms with E-state index in [0.29, 0.717) is 0 Å². The SMILES string of the molecule is CCCCCCCCCCCCCCCCCCOc1ccc(N2CCCCC2)cc1. The first kappa shape index (κ1) is 26.1. The molecule has 1 aromatic carbocycles. The molecule has 1 aliphatic heterocycles. The predicted octanol–water partition coefficient (Wildman–Crippen LogP) is 9.32. The Labute approximate surface area is 194 Å². The van der Waals surface area contributed by atoms with E-state index in [4.69, 9.17) is 4.74 Å². The highest BCUT2D eigenvalue weighted by atomic mass is 16.5. The quantitative estimate of drug-likeness (QED) is 0.203. The van der Waals surface area contributed by atoms with Crippen LogP contribution >= 0.6 is 0 Å². The molecule has 0 saturated carbocycles. The number of unbranched alkanes of at least 4 members (excludes halogenated alkanes) is 15. The molecule has 0 bridgehead atoms. The largest absolute Gasteiger partial charge is 0.494 e. The van der Waals surface area contributed by atoms with Gasteiger partial charge in [-0.25, -0.2) is 0 Å². The van der Waals surface area contributed by atoms with E-state index < -0.39 is 0 Å². The summed E-state index contributed by atoms with van der Waals surface area (Å²) in [5, 5.41) is 0. The van der Waals surface area contributed by atoms with E-state index in [2.05, 4.69) is 36.1 Å². The summed E-state index contributed by atoms with van der Waals surface area (Å²) in [5.74, 6) is 1.03. The monoisotopic (exact) mass is 429 g/mol. The topological polar surface area (TPSA) is 12.5 Å². The molecular formula is C29H51NO. The van der Waals surface area contributed by atoms with Crippen LogP contribution in [0.1, 0.15) is 129 Å². The lowest BCUT2D eigenvalue weighted by atomic mass is 10.0. The zero-order valence-corrected chi connectivity index (χ0v) is 20.7. The van der Waals surface area contributed by atoms with Gasteiger partial charge in [-0.1, -0.05) is 103 Å². The molecule has 1 aromatic rings. The Morgan fingerprint density at radius 1 is 0.581 bits per heavy atom. The molecule has 0 amide bonds. The van der Waals surface area contributed by atoms with Gasteiger partial charge in [-0.05, 0) is 49.9 Å². The van der Waals surface area contributed by atoms with Crippen LogP contribution in [0.2, 0.25) is 0 Å². The summed E-state index contributed by atoms with van der Waals surface area (Å²) >= 11 is 0. The maximum Gasteiger partial charge on any atom is 0.119 e. The van der Waals surface area contributed by atoms with Crippen molar-refractivity contribution in [2.24, 2.45) is 0 Å². The van der Waals surface area contributed by atoms with Crippen LogP contribution in [0.15, 0.2) is 24.3 Å². The van der Waals surface area contributed by atoms with E-state index in [9.17, 15) is 0 Å². The highest BCUT2D eigenvalue weighted by Gasteiger charge is 2.10. The maximum atomic E-state index is 5.95. The molecule has 31 heavy (non-hydrogen) atoms. The highest BCUT2D eigenvalue weighted by molar-refractivity contribution is 5.49. The molecule has 1 heterocycles. The summed E-state index contributed by atoms with van der Waals surface area (Å²) in [6.07, 6.45) is 26.7. The third-order valence-electron chi connectivity index (χ3n) is 6.82. The zero-order chi connectivity index (χ0) is 21.8. The summed E-state index contributed by atoms with van der Waals surface area (Å²) in [4.78, 5) is 2.50. The third kappa shape index (κ3) is 13.1. The van der Waals surface area contributed by atoms with E-state index in [1.54, 1.807) is 0 Å². The second-order valence-electron chi connectivity index (χ2n) is 9.69. The fourth-order valence-electron chi connectivity index (χ4n) is 4.75. The Hall–Kier alpha value is -1.18. The van der Waals surface area contributed by atoms with Gasteiger partial charge in [0.05, 0.1) is 6.61 Å². The number of hydrogen-bond acceptors (Lipinski definition) is 2. The number of rotatable bonds is 19. The molecule has 0 radical (unpaired) electrons. The van der Waals surface area contributed by atoms with E-state index in [1.807, 2.05) is 0 Å². The van der Waals surface area contributed by atoms with Gasteiger partial charge in [0.2, 0.25) is 0 Å². The summed E-state index contributed by atoms with van der Waals surface area (Å²) < 4.78 is 5.95. The third-order valence-corrected chi connectivity index (χ3v) is 6.82. The summed E-state index contributed by atoms with van der Waals surface area (Å²) in [6.45, 7) is 5.57. The Balaban J connectivity index is 1.32. The fourth-order valence-corrected chi connectivity index (χ4v) is 4.75. The molecule has 2 heteroatoms. The lowest BCUT2D eigenvalue weighted by Gasteiger charge is -2.28. The van der Waals surface area contributed by atoms with Gasteiger partial charge in [0.15, 0.2) is 0 Å². The molecule has 0 aromatic heterocycles. The average Bonchev–Trinajstić information content (AvgIpc) is 2.82. The van der Waals surface area contributed by atoms with Crippen molar-refractivity contribution in [3.8, 4) is 5.75 Å². The fraction of sp³-hybridized carbons (Fsp3) is 0.793. The molecule has 1 fully saturated rings. The smallest absolute Gasteiger partial charge is 0.119 e. The van der Waals surface area contributed by atoms with Crippen LogP contribution in [0.4, 0.5) is 5.69 Å². The predicted molar refractivity (Wildman–Crippen MR) is 138 cm³/mol. The van der Waals surface area contributed by atoms with Crippen LogP contribution in [-0.4, -0.2) is 19.7 Å². The molecule has 0 aliphatic carbocycles. The van der Waals surface area contributed by atoms with Crippen molar-refractivity contribution >= 4 is 5.69 Å². The minimum Gasteiger partial charge on any atom is -0.494 e. The van der Waals surface area contributed by atoms with Crippen molar-refractivity contribution in [2.75, 3.05) is 24.6 Å². The van der Waals surface area contributed by atoms with Gasteiger partial charge in [0.25, 0.3) is 0 Å². The van der Waals surface area contributed by atoms with E-state index >= 15 is 0 Å². The second kappa shape index (κ2) is 18.4. The minimum absolute atomic E-state index is 0.863. The number of benzene rings is 1. The lowest BCUT2D eigenvalue weighted by molar-refractivity contribution is 0.304. The van der Waals surface area contributed by atoms with Crippen molar-refractivity contribution in [1.29, 1.82) is 0 Å². The number of piperidine rings is 1. The van der Waals surface area contributed by atoms with Crippen LogP contribution in [0.25, 0.3) is 0 Å². The molecule has 1 aliphatic rings. The van der Waals surface area contributed by atoms with Crippen molar-refractivity contribution < 1.29 is 4.74 Å². The number of ether oxygens (including phenoxy) is 1. The number of nitrogens with zero attached hydrogens (tertiary/aromatic N) is 1. The first-order chi connectivity index (χ1) is 15.4. The first-order valence-corrected chi connectivity index (χ1v) is 13.9. The molecule has 2 rings (SSSR count). The van der Waals surface area contributed by atoms with E-state index in [-0.39, 0.29) is 0 Å². The number of anilines is 1. The normalized spacial score (nSPS) is 14.2. The van der Waals surface area contributed by atoms with Gasteiger partial charge < -0.3 is 9.64 Å². The van der Waals surface area contributed by atoms with Gasteiger partial charge in [-0.2, -0.15) is 0 Å². The maximum absolute atomic E-state index is 5.95. The second-order valence-corrected chi connectivity index (χ2v) is 9.69. The Morgan fingerprint density at radius 3 is 1.52 bits per heavy atom. The average molecular weight is 430 g/mol. The van der Waals surface area contributed by atoms with Crippen LogP contribution < -0.4 is 9.64 Å². The van der Waals surface area contributed by atoms with Crippen LogP contribution in [0.5, 0.6) is 5.75 Å². The molecular weight excluding hydrogens is 378 g/mol. The first-order valence-electron chi connectivity index (χ1n) is 13.9.